The summed E-state index contributed by atoms with van der Waals surface area (Å²) in [7, 11) is -3.32. The van der Waals surface area contributed by atoms with Crippen molar-refractivity contribution in [2.75, 3.05) is 19.7 Å². The molecule has 0 saturated carbocycles. The lowest BCUT2D eigenvalue weighted by Gasteiger charge is -2.38. The number of ether oxygens (including phenoxy) is 1. The molecule has 1 fully saturated rings. The highest BCUT2D eigenvalue weighted by molar-refractivity contribution is 7.91. The lowest BCUT2D eigenvalue weighted by Crippen LogP contribution is -2.58. The van der Waals surface area contributed by atoms with E-state index >= 15 is 0 Å². The number of carbonyl (C=O) groups is 1. The maximum atomic E-state index is 12.3. The van der Waals surface area contributed by atoms with Gasteiger partial charge in [0.25, 0.3) is 5.91 Å². The van der Waals surface area contributed by atoms with Crippen molar-refractivity contribution in [3.63, 3.8) is 0 Å². The highest BCUT2D eigenvalue weighted by Gasteiger charge is 2.40. The molecule has 140 valence electrons. The summed E-state index contributed by atoms with van der Waals surface area (Å²) in [6.07, 6.45) is 1.45. The molecule has 0 atom stereocenters. The maximum absolute atomic E-state index is 12.3. The quantitative estimate of drug-likeness (QED) is 0.741. The summed E-state index contributed by atoms with van der Waals surface area (Å²) in [5, 5.41) is -0.540. The third kappa shape index (κ3) is 4.27. The van der Waals surface area contributed by atoms with Gasteiger partial charge in [0.2, 0.25) is 0 Å². The average molecular weight is 377 g/mol. The van der Waals surface area contributed by atoms with Crippen molar-refractivity contribution in [1.29, 1.82) is 0 Å². The van der Waals surface area contributed by atoms with Crippen LogP contribution in [0, 0.1) is 0 Å². The fourth-order valence-corrected chi connectivity index (χ4v) is 4.38. The fourth-order valence-electron chi connectivity index (χ4n) is 2.77. The van der Waals surface area contributed by atoms with E-state index < -0.39 is 15.1 Å². The van der Waals surface area contributed by atoms with Crippen molar-refractivity contribution in [2.45, 2.75) is 30.8 Å². The first kappa shape index (κ1) is 18.5. The van der Waals surface area contributed by atoms with Crippen LogP contribution in [-0.2, 0) is 20.4 Å². The van der Waals surface area contributed by atoms with Gasteiger partial charge in [-0.25, -0.2) is 8.42 Å². The van der Waals surface area contributed by atoms with Gasteiger partial charge in [-0.1, -0.05) is 26.0 Å². The number of hydrogen-bond acceptors (Lipinski definition) is 5. The largest absolute Gasteiger partial charge is 0.484 e. The van der Waals surface area contributed by atoms with Crippen molar-refractivity contribution in [1.82, 2.24) is 4.90 Å². The number of carbonyl (C=O) groups excluding carboxylic acids is 1. The Hall–Kier alpha value is -2.28. The second kappa shape index (κ2) is 7.53. The van der Waals surface area contributed by atoms with Crippen LogP contribution >= 0.6 is 0 Å². The summed E-state index contributed by atoms with van der Waals surface area (Å²) in [5.74, 6) is 1.15. The van der Waals surface area contributed by atoms with E-state index in [1.807, 2.05) is 24.3 Å². The van der Waals surface area contributed by atoms with Crippen LogP contribution in [0.5, 0.6) is 5.75 Å². The molecule has 0 spiro atoms. The Kier molecular flexibility index (Phi) is 5.36. The van der Waals surface area contributed by atoms with E-state index in [2.05, 4.69) is 13.8 Å². The number of furan rings is 1. The molecule has 2 heterocycles. The van der Waals surface area contributed by atoms with Crippen molar-refractivity contribution in [3.05, 3.63) is 54.0 Å². The van der Waals surface area contributed by atoms with Crippen LogP contribution in [0.2, 0.25) is 0 Å². The van der Waals surface area contributed by atoms with Gasteiger partial charge in [-0.05, 0) is 35.7 Å². The van der Waals surface area contributed by atoms with Gasteiger partial charge < -0.3 is 14.1 Å². The molecule has 0 bridgehead atoms. The zero-order valence-electron chi connectivity index (χ0n) is 14.9. The molecule has 1 aromatic heterocycles. The summed E-state index contributed by atoms with van der Waals surface area (Å²) in [5.41, 5.74) is 1.20. The molecule has 0 aliphatic carbocycles. The van der Waals surface area contributed by atoms with Gasteiger partial charge in [-0.3, -0.25) is 4.79 Å². The Morgan fingerprint density at radius 2 is 1.92 bits per heavy atom. The molecule has 1 saturated heterocycles. The predicted octanol–water partition coefficient (Wildman–Crippen LogP) is 2.61. The predicted molar refractivity (Wildman–Crippen MR) is 97.7 cm³/mol. The van der Waals surface area contributed by atoms with E-state index in [0.29, 0.717) is 17.4 Å². The summed E-state index contributed by atoms with van der Waals surface area (Å²) in [4.78, 5) is 13.7. The van der Waals surface area contributed by atoms with E-state index in [-0.39, 0.29) is 31.4 Å². The fraction of sp³-hybridized carbons (Fsp3) is 0.421. The Morgan fingerprint density at radius 3 is 2.50 bits per heavy atom. The highest BCUT2D eigenvalue weighted by atomic mass is 32.2. The number of amides is 1. The second-order valence-corrected chi connectivity index (χ2v) is 9.10. The summed E-state index contributed by atoms with van der Waals surface area (Å²) in [6, 6.07) is 10.9. The molecule has 0 unspecified atom stereocenters. The number of hydrogen-bond donors (Lipinski definition) is 0. The number of rotatable bonds is 7. The molecule has 26 heavy (non-hydrogen) atoms. The van der Waals surface area contributed by atoms with E-state index in [4.69, 9.17) is 9.15 Å². The van der Waals surface area contributed by atoms with Crippen LogP contribution < -0.4 is 4.74 Å². The first-order valence-electron chi connectivity index (χ1n) is 8.59. The standard InChI is InChI=1S/C19H23NO5S/c1-14(2)15-5-7-16(8-6-15)25-12-19(21)20-10-18(11-20)26(22,23)13-17-4-3-9-24-17/h3-9,14,18H,10-13H2,1-2H3. The molecule has 3 rings (SSSR count). The number of nitrogens with zero attached hydrogens (tertiary/aromatic N) is 1. The van der Waals surface area contributed by atoms with Gasteiger partial charge >= 0.3 is 0 Å². The highest BCUT2D eigenvalue weighted by Crippen LogP contribution is 2.22. The van der Waals surface area contributed by atoms with Gasteiger partial charge in [0, 0.05) is 13.1 Å². The van der Waals surface area contributed by atoms with E-state index in [9.17, 15) is 13.2 Å². The first-order chi connectivity index (χ1) is 12.3. The van der Waals surface area contributed by atoms with Gasteiger partial charge in [0.05, 0.1) is 11.5 Å². The Labute approximate surface area is 153 Å². The minimum Gasteiger partial charge on any atom is -0.484 e. The minimum absolute atomic E-state index is 0.0913. The first-order valence-corrected chi connectivity index (χ1v) is 10.3. The molecule has 0 radical (unpaired) electrons. The Balaban J connectivity index is 1.46. The van der Waals surface area contributed by atoms with Crippen LogP contribution in [0.4, 0.5) is 0 Å². The molecule has 7 heteroatoms. The third-order valence-corrected chi connectivity index (χ3v) is 6.54. The number of sulfone groups is 1. The van der Waals surface area contributed by atoms with Crippen LogP contribution in [-0.4, -0.2) is 44.2 Å². The lowest BCUT2D eigenvalue weighted by molar-refractivity contribution is -0.136. The van der Waals surface area contributed by atoms with Crippen molar-refractivity contribution >= 4 is 15.7 Å². The molecule has 1 amide bonds. The number of likely N-dealkylation sites (tertiary alicyclic amines) is 1. The van der Waals surface area contributed by atoms with Gasteiger partial charge in [-0.2, -0.15) is 0 Å². The Morgan fingerprint density at radius 1 is 1.23 bits per heavy atom. The lowest BCUT2D eigenvalue weighted by atomic mass is 10.0. The molecule has 6 nitrogen and oxygen atoms in total. The van der Waals surface area contributed by atoms with Crippen molar-refractivity contribution in [2.24, 2.45) is 0 Å². The normalized spacial score (nSPS) is 15.1. The molecule has 0 N–H and O–H groups in total. The maximum Gasteiger partial charge on any atom is 0.260 e. The van der Waals surface area contributed by atoms with Gasteiger partial charge in [-0.15, -0.1) is 0 Å². The van der Waals surface area contributed by atoms with Crippen LogP contribution in [0.25, 0.3) is 0 Å². The molecule has 1 aliphatic rings. The van der Waals surface area contributed by atoms with Crippen LogP contribution in [0.15, 0.2) is 47.1 Å². The smallest absolute Gasteiger partial charge is 0.260 e. The summed E-state index contributed by atoms with van der Waals surface area (Å²) < 4.78 is 35.2. The van der Waals surface area contributed by atoms with Crippen LogP contribution in [0.1, 0.15) is 31.1 Å². The molecular weight excluding hydrogens is 354 g/mol. The summed E-state index contributed by atoms with van der Waals surface area (Å²) in [6.45, 7) is 4.54. The third-order valence-electron chi connectivity index (χ3n) is 4.54. The van der Waals surface area contributed by atoms with Gasteiger partial charge in [0.15, 0.2) is 16.4 Å². The average Bonchev–Trinajstić information content (AvgIpc) is 3.03. The molecule has 1 aliphatic heterocycles. The Bertz CT molecular complexity index is 835. The molecule has 1 aromatic carbocycles. The second-order valence-electron chi connectivity index (χ2n) is 6.82. The number of benzene rings is 1. The van der Waals surface area contributed by atoms with Crippen molar-refractivity contribution in [3.8, 4) is 5.75 Å². The zero-order valence-corrected chi connectivity index (χ0v) is 15.7. The van der Waals surface area contributed by atoms with Crippen molar-refractivity contribution < 1.29 is 22.4 Å². The monoisotopic (exact) mass is 377 g/mol. The van der Waals surface area contributed by atoms with E-state index in [1.54, 1.807) is 12.1 Å². The summed E-state index contributed by atoms with van der Waals surface area (Å²) >= 11 is 0. The van der Waals surface area contributed by atoms with E-state index in [0.717, 1.165) is 0 Å². The zero-order chi connectivity index (χ0) is 18.7. The minimum atomic E-state index is -3.32. The molecule has 2 aromatic rings. The van der Waals surface area contributed by atoms with E-state index in [1.165, 1.54) is 16.7 Å². The molecular formula is C19H23NO5S. The SMILES string of the molecule is CC(C)c1ccc(OCC(=O)N2CC(S(=O)(=O)Cc3ccco3)C2)cc1. The van der Waals surface area contributed by atoms with Crippen LogP contribution in [0.3, 0.4) is 0 Å². The topological polar surface area (TPSA) is 76.8 Å². The van der Waals surface area contributed by atoms with Gasteiger partial charge in [0.1, 0.15) is 17.3 Å².